The molecular formula is C18H27N3O4S. The second-order valence-electron chi connectivity index (χ2n) is 6.56. The molecule has 26 heavy (non-hydrogen) atoms. The van der Waals surface area contributed by atoms with Crippen LogP contribution in [0.4, 0.5) is 0 Å². The topological polar surface area (TPSA) is 101 Å². The Morgan fingerprint density at radius 1 is 1.27 bits per heavy atom. The molecule has 0 radical (unpaired) electrons. The van der Waals surface area contributed by atoms with Gasteiger partial charge in [-0.1, -0.05) is 19.9 Å². The van der Waals surface area contributed by atoms with Crippen LogP contribution in [0, 0.1) is 12.8 Å². The fourth-order valence-electron chi connectivity index (χ4n) is 3.29. The van der Waals surface area contributed by atoms with E-state index in [0.717, 1.165) is 0 Å². The molecule has 0 saturated carbocycles. The molecule has 0 aromatic heterocycles. The number of hydrogen-bond donors (Lipinski definition) is 1. The standard InChI is InChI=1S/C18H27N3O4S/c1-4-21(5-2)26(24,25)16-11-14(9-8-13(16)3)18(23)20-10-6-7-15(12-20)17(19)22/h8-9,11,15H,4-7,10,12H2,1-3H3,(H2,19,22)/t15-/m1/s1. The van der Waals surface area contributed by atoms with E-state index in [1.807, 2.05) is 0 Å². The number of carbonyl (C=O) groups is 2. The summed E-state index contributed by atoms with van der Waals surface area (Å²) in [6.45, 7) is 6.82. The van der Waals surface area contributed by atoms with Crippen LogP contribution in [-0.2, 0) is 14.8 Å². The van der Waals surface area contributed by atoms with Crippen LogP contribution in [0.15, 0.2) is 23.1 Å². The summed E-state index contributed by atoms with van der Waals surface area (Å²) in [4.78, 5) is 26.0. The third-order valence-corrected chi connectivity index (χ3v) is 7.06. The number of carbonyl (C=O) groups excluding carboxylic acids is 2. The number of primary amides is 1. The number of nitrogens with two attached hydrogens (primary N) is 1. The van der Waals surface area contributed by atoms with E-state index in [1.165, 1.54) is 10.4 Å². The van der Waals surface area contributed by atoms with Crippen molar-refractivity contribution in [2.75, 3.05) is 26.2 Å². The first-order chi connectivity index (χ1) is 12.2. The summed E-state index contributed by atoms with van der Waals surface area (Å²) in [5, 5.41) is 0. The predicted octanol–water partition coefficient (Wildman–Crippen LogP) is 1.36. The Kier molecular flexibility index (Phi) is 6.41. The maximum Gasteiger partial charge on any atom is 0.253 e. The quantitative estimate of drug-likeness (QED) is 0.804. The van der Waals surface area contributed by atoms with E-state index >= 15 is 0 Å². The highest BCUT2D eigenvalue weighted by Gasteiger charge is 2.29. The van der Waals surface area contributed by atoms with Crippen LogP contribution in [0.1, 0.15) is 42.6 Å². The smallest absolute Gasteiger partial charge is 0.253 e. The Morgan fingerprint density at radius 2 is 1.92 bits per heavy atom. The first-order valence-corrected chi connectivity index (χ1v) is 10.4. The predicted molar refractivity (Wildman–Crippen MR) is 99.1 cm³/mol. The van der Waals surface area contributed by atoms with Crippen molar-refractivity contribution in [2.45, 2.75) is 38.5 Å². The third-order valence-electron chi connectivity index (χ3n) is 4.87. The summed E-state index contributed by atoms with van der Waals surface area (Å²) < 4.78 is 27.1. The van der Waals surface area contributed by atoms with Crippen LogP contribution in [0.25, 0.3) is 0 Å². The molecule has 1 aliphatic rings. The Morgan fingerprint density at radius 3 is 2.50 bits per heavy atom. The molecule has 1 fully saturated rings. The number of rotatable bonds is 6. The molecule has 0 bridgehead atoms. The zero-order chi connectivity index (χ0) is 19.5. The second kappa shape index (κ2) is 8.18. The summed E-state index contributed by atoms with van der Waals surface area (Å²) in [5.41, 5.74) is 6.28. The molecule has 7 nitrogen and oxygen atoms in total. The van der Waals surface area contributed by atoms with E-state index in [4.69, 9.17) is 5.73 Å². The van der Waals surface area contributed by atoms with E-state index < -0.39 is 15.9 Å². The van der Waals surface area contributed by atoms with Crippen molar-refractivity contribution in [3.63, 3.8) is 0 Å². The van der Waals surface area contributed by atoms with Crippen molar-refractivity contribution >= 4 is 21.8 Å². The van der Waals surface area contributed by atoms with Gasteiger partial charge >= 0.3 is 0 Å². The zero-order valence-corrected chi connectivity index (χ0v) is 16.4. The van der Waals surface area contributed by atoms with Gasteiger partial charge in [0.05, 0.1) is 10.8 Å². The van der Waals surface area contributed by atoms with E-state index in [0.29, 0.717) is 43.6 Å². The highest BCUT2D eigenvalue weighted by Crippen LogP contribution is 2.24. The molecule has 144 valence electrons. The number of benzene rings is 1. The number of amides is 2. The van der Waals surface area contributed by atoms with E-state index in [1.54, 1.807) is 37.8 Å². The van der Waals surface area contributed by atoms with Gasteiger partial charge in [-0.2, -0.15) is 4.31 Å². The van der Waals surface area contributed by atoms with Gasteiger partial charge in [-0.05, 0) is 37.5 Å². The Balaban J connectivity index is 2.34. The molecular weight excluding hydrogens is 354 g/mol. The normalized spacial score (nSPS) is 18.2. The zero-order valence-electron chi connectivity index (χ0n) is 15.6. The lowest BCUT2D eigenvalue weighted by Crippen LogP contribution is -2.44. The summed E-state index contributed by atoms with van der Waals surface area (Å²) >= 11 is 0. The first kappa shape index (κ1) is 20.4. The van der Waals surface area contributed by atoms with Crippen molar-refractivity contribution in [3.05, 3.63) is 29.3 Å². The number of likely N-dealkylation sites (tertiary alicyclic amines) is 1. The molecule has 1 aromatic rings. The monoisotopic (exact) mass is 381 g/mol. The number of sulfonamides is 1. The highest BCUT2D eigenvalue weighted by atomic mass is 32.2. The van der Waals surface area contributed by atoms with Crippen molar-refractivity contribution in [3.8, 4) is 0 Å². The van der Waals surface area contributed by atoms with Gasteiger partial charge < -0.3 is 10.6 Å². The average molecular weight is 381 g/mol. The summed E-state index contributed by atoms with van der Waals surface area (Å²) in [6, 6.07) is 4.73. The van der Waals surface area contributed by atoms with Gasteiger partial charge in [-0.25, -0.2) is 8.42 Å². The fourth-order valence-corrected chi connectivity index (χ4v) is 5.00. The molecule has 0 unspecified atom stereocenters. The summed E-state index contributed by atoms with van der Waals surface area (Å²) in [5.74, 6) is -1.03. The average Bonchev–Trinajstić information content (AvgIpc) is 2.62. The molecule has 0 spiro atoms. The van der Waals surface area contributed by atoms with Gasteiger partial charge in [0.15, 0.2) is 0 Å². The maximum atomic E-state index is 12.8. The first-order valence-electron chi connectivity index (χ1n) is 8.91. The maximum absolute atomic E-state index is 12.8. The largest absolute Gasteiger partial charge is 0.369 e. The molecule has 2 N–H and O–H groups in total. The minimum atomic E-state index is -3.65. The minimum Gasteiger partial charge on any atom is -0.369 e. The number of aryl methyl sites for hydroxylation is 1. The lowest BCUT2D eigenvalue weighted by molar-refractivity contribution is -0.123. The van der Waals surface area contributed by atoms with Crippen molar-refractivity contribution < 1.29 is 18.0 Å². The molecule has 1 saturated heterocycles. The van der Waals surface area contributed by atoms with Crippen molar-refractivity contribution in [1.82, 2.24) is 9.21 Å². The van der Waals surface area contributed by atoms with Crippen LogP contribution in [0.2, 0.25) is 0 Å². The minimum absolute atomic E-state index is 0.149. The van der Waals surface area contributed by atoms with Crippen molar-refractivity contribution in [2.24, 2.45) is 11.7 Å². The van der Waals surface area contributed by atoms with Crippen LogP contribution in [-0.4, -0.2) is 55.6 Å². The van der Waals surface area contributed by atoms with Gasteiger partial charge in [0.25, 0.3) is 5.91 Å². The molecule has 1 heterocycles. The molecule has 2 rings (SSSR count). The molecule has 1 aliphatic heterocycles. The number of nitrogens with zero attached hydrogens (tertiary/aromatic N) is 2. The number of piperidine rings is 1. The lowest BCUT2D eigenvalue weighted by Gasteiger charge is -2.31. The van der Waals surface area contributed by atoms with Crippen LogP contribution in [0.3, 0.4) is 0 Å². The Bertz CT molecular complexity index is 788. The Hall–Kier alpha value is -1.93. The number of hydrogen-bond acceptors (Lipinski definition) is 4. The van der Waals surface area contributed by atoms with Crippen LogP contribution in [0.5, 0.6) is 0 Å². The highest BCUT2D eigenvalue weighted by molar-refractivity contribution is 7.89. The lowest BCUT2D eigenvalue weighted by atomic mass is 9.97. The van der Waals surface area contributed by atoms with E-state index in [9.17, 15) is 18.0 Å². The van der Waals surface area contributed by atoms with Gasteiger partial charge in [-0.15, -0.1) is 0 Å². The van der Waals surface area contributed by atoms with Crippen molar-refractivity contribution in [1.29, 1.82) is 0 Å². The molecule has 1 aromatic carbocycles. The fraction of sp³-hybridized carbons (Fsp3) is 0.556. The Labute approximate surface area is 155 Å². The van der Waals surface area contributed by atoms with Gasteiger partial charge in [0.1, 0.15) is 0 Å². The summed E-state index contributed by atoms with van der Waals surface area (Å²) in [7, 11) is -3.65. The molecule has 1 atom stereocenters. The molecule has 2 amide bonds. The molecule has 8 heteroatoms. The van der Waals surface area contributed by atoms with Crippen LogP contribution >= 0.6 is 0 Å². The SMILES string of the molecule is CCN(CC)S(=O)(=O)c1cc(C(=O)N2CCC[C@@H](C(N)=O)C2)ccc1C. The van der Waals surface area contributed by atoms with Crippen LogP contribution < -0.4 is 5.73 Å². The summed E-state index contributed by atoms with van der Waals surface area (Å²) in [6.07, 6.45) is 1.38. The second-order valence-corrected chi connectivity index (χ2v) is 8.47. The third kappa shape index (κ3) is 4.07. The van der Waals surface area contributed by atoms with Gasteiger partial charge in [0, 0.05) is 31.7 Å². The molecule has 0 aliphatic carbocycles. The van der Waals surface area contributed by atoms with Gasteiger partial charge in [-0.3, -0.25) is 9.59 Å². The van der Waals surface area contributed by atoms with E-state index in [2.05, 4.69) is 0 Å². The van der Waals surface area contributed by atoms with E-state index in [-0.39, 0.29) is 23.3 Å². The van der Waals surface area contributed by atoms with Gasteiger partial charge in [0.2, 0.25) is 15.9 Å².